The molecule has 0 unspecified atom stereocenters. The first-order chi connectivity index (χ1) is 7.31. The summed E-state index contributed by atoms with van der Waals surface area (Å²) in [7, 11) is 0. The zero-order valence-electron chi connectivity index (χ0n) is 8.46. The van der Waals surface area contributed by atoms with Gasteiger partial charge in [-0.1, -0.05) is 15.9 Å². The highest BCUT2D eigenvalue weighted by Crippen LogP contribution is 2.28. The molecule has 3 heteroatoms. The number of aryl methyl sites for hydroxylation is 1. The molecule has 1 aliphatic carbocycles. The van der Waals surface area contributed by atoms with Gasteiger partial charge in [0.2, 0.25) is 0 Å². The average Bonchev–Trinajstić information content (AvgIpc) is 2.25. The van der Waals surface area contributed by atoms with Crippen LogP contribution in [0.15, 0.2) is 16.6 Å². The predicted octanol–water partition coefficient (Wildman–Crippen LogP) is 3.00. The van der Waals surface area contributed by atoms with E-state index in [1.807, 2.05) is 6.07 Å². The number of fused-ring (bicyclic) bond motifs is 1. The fraction of sp³-hybridized carbons (Fsp3) is 0.417. The van der Waals surface area contributed by atoms with Crippen molar-refractivity contribution in [3.63, 3.8) is 0 Å². The minimum absolute atomic E-state index is 0.394. The van der Waals surface area contributed by atoms with Crippen LogP contribution in [0.5, 0.6) is 0 Å². The standard InChI is InChI=1S/C12H13BrO2/c13-11-5-9-3-1-2-4-12(9)10(6-11)7-15-8-14/h5-6,8H,1-4,7H2. The van der Waals surface area contributed by atoms with Crippen molar-refractivity contribution >= 4 is 22.4 Å². The van der Waals surface area contributed by atoms with Crippen molar-refractivity contribution in [2.75, 3.05) is 0 Å². The van der Waals surface area contributed by atoms with Gasteiger partial charge in [-0.2, -0.15) is 0 Å². The molecular formula is C12H13BrO2. The number of hydrogen-bond acceptors (Lipinski definition) is 2. The molecule has 0 amide bonds. The number of carbonyl (C=O) groups is 1. The molecule has 0 saturated carbocycles. The molecule has 0 N–H and O–H groups in total. The maximum Gasteiger partial charge on any atom is 0.293 e. The monoisotopic (exact) mass is 268 g/mol. The Kier molecular flexibility index (Phi) is 3.41. The molecule has 0 aromatic heterocycles. The van der Waals surface area contributed by atoms with Crippen molar-refractivity contribution in [3.8, 4) is 0 Å². The van der Waals surface area contributed by atoms with Gasteiger partial charge >= 0.3 is 0 Å². The Balaban J connectivity index is 2.34. The summed E-state index contributed by atoms with van der Waals surface area (Å²) in [5, 5.41) is 0. The summed E-state index contributed by atoms with van der Waals surface area (Å²) >= 11 is 3.49. The van der Waals surface area contributed by atoms with Gasteiger partial charge in [0.25, 0.3) is 6.47 Å². The van der Waals surface area contributed by atoms with E-state index in [2.05, 4.69) is 22.0 Å². The van der Waals surface area contributed by atoms with Gasteiger partial charge in [-0.05, 0) is 54.5 Å². The van der Waals surface area contributed by atoms with Crippen molar-refractivity contribution < 1.29 is 9.53 Å². The van der Waals surface area contributed by atoms with Crippen molar-refractivity contribution in [1.82, 2.24) is 0 Å². The lowest BCUT2D eigenvalue weighted by molar-refractivity contribution is -0.129. The Morgan fingerprint density at radius 2 is 2.13 bits per heavy atom. The molecule has 0 saturated heterocycles. The van der Waals surface area contributed by atoms with E-state index in [1.165, 1.54) is 24.0 Å². The minimum Gasteiger partial charge on any atom is -0.463 e. The maximum absolute atomic E-state index is 10.2. The normalized spacial score (nSPS) is 14.5. The van der Waals surface area contributed by atoms with Gasteiger partial charge in [-0.15, -0.1) is 0 Å². The second-order valence-corrected chi connectivity index (χ2v) is 4.73. The number of halogens is 1. The minimum atomic E-state index is 0.394. The Bertz CT molecular complexity index is 374. The van der Waals surface area contributed by atoms with Crippen LogP contribution in [0.2, 0.25) is 0 Å². The van der Waals surface area contributed by atoms with Crippen LogP contribution in [0.3, 0.4) is 0 Å². The highest BCUT2D eigenvalue weighted by atomic mass is 79.9. The largest absolute Gasteiger partial charge is 0.463 e. The van der Waals surface area contributed by atoms with Gasteiger partial charge in [0.05, 0.1) is 0 Å². The summed E-state index contributed by atoms with van der Waals surface area (Å²) in [6.45, 7) is 0.904. The maximum atomic E-state index is 10.2. The Labute approximate surface area is 97.8 Å². The van der Waals surface area contributed by atoms with Crippen LogP contribution in [-0.2, 0) is 29.0 Å². The van der Waals surface area contributed by atoms with E-state index in [0.29, 0.717) is 13.1 Å². The highest BCUT2D eigenvalue weighted by molar-refractivity contribution is 9.10. The lowest BCUT2D eigenvalue weighted by atomic mass is 9.88. The summed E-state index contributed by atoms with van der Waals surface area (Å²) in [5.41, 5.74) is 3.93. The van der Waals surface area contributed by atoms with Crippen molar-refractivity contribution in [2.45, 2.75) is 32.3 Å². The molecule has 15 heavy (non-hydrogen) atoms. The molecule has 1 aromatic rings. The zero-order valence-corrected chi connectivity index (χ0v) is 10.0. The van der Waals surface area contributed by atoms with Gasteiger partial charge in [0.1, 0.15) is 6.61 Å². The van der Waals surface area contributed by atoms with E-state index >= 15 is 0 Å². The summed E-state index contributed by atoms with van der Waals surface area (Å²) in [6, 6.07) is 4.23. The highest BCUT2D eigenvalue weighted by Gasteiger charge is 2.14. The molecule has 0 bridgehead atoms. The SMILES string of the molecule is O=COCc1cc(Br)cc2c1CCCC2. The number of rotatable bonds is 3. The topological polar surface area (TPSA) is 26.3 Å². The molecule has 0 atom stereocenters. The van der Waals surface area contributed by atoms with E-state index in [-0.39, 0.29) is 0 Å². The van der Waals surface area contributed by atoms with Crippen LogP contribution in [0, 0.1) is 0 Å². The second kappa shape index (κ2) is 4.79. The molecule has 2 nitrogen and oxygen atoms in total. The summed E-state index contributed by atoms with van der Waals surface area (Å²) in [5.74, 6) is 0. The van der Waals surface area contributed by atoms with Crippen LogP contribution in [-0.4, -0.2) is 6.47 Å². The summed E-state index contributed by atoms with van der Waals surface area (Å²) in [4.78, 5) is 10.2. The van der Waals surface area contributed by atoms with Crippen molar-refractivity contribution in [2.24, 2.45) is 0 Å². The fourth-order valence-corrected chi connectivity index (χ4v) is 2.72. The quantitative estimate of drug-likeness (QED) is 0.788. The third kappa shape index (κ3) is 2.40. The van der Waals surface area contributed by atoms with Crippen LogP contribution in [0.4, 0.5) is 0 Å². The number of ether oxygens (including phenoxy) is 1. The molecule has 80 valence electrons. The van der Waals surface area contributed by atoms with Crippen LogP contribution >= 0.6 is 15.9 Å². The van der Waals surface area contributed by atoms with E-state index < -0.39 is 0 Å². The first-order valence-electron chi connectivity index (χ1n) is 5.16. The van der Waals surface area contributed by atoms with Crippen molar-refractivity contribution in [3.05, 3.63) is 33.3 Å². The lowest BCUT2D eigenvalue weighted by Gasteiger charge is -2.19. The van der Waals surface area contributed by atoms with E-state index in [1.54, 1.807) is 0 Å². The first kappa shape index (κ1) is 10.7. The van der Waals surface area contributed by atoms with Gasteiger partial charge in [-0.3, -0.25) is 4.79 Å². The third-order valence-corrected chi connectivity index (χ3v) is 3.29. The van der Waals surface area contributed by atoms with Gasteiger partial charge in [0, 0.05) is 4.47 Å². The van der Waals surface area contributed by atoms with E-state index in [4.69, 9.17) is 4.74 Å². The molecule has 0 radical (unpaired) electrons. The molecule has 0 fully saturated rings. The summed E-state index contributed by atoms with van der Waals surface area (Å²) in [6.07, 6.45) is 4.75. The molecule has 0 spiro atoms. The lowest BCUT2D eigenvalue weighted by Crippen LogP contribution is -2.07. The summed E-state index contributed by atoms with van der Waals surface area (Å²) < 4.78 is 5.92. The molecule has 1 aromatic carbocycles. The fourth-order valence-electron chi connectivity index (χ4n) is 2.17. The molecular weight excluding hydrogens is 256 g/mol. The number of hydrogen-bond donors (Lipinski definition) is 0. The zero-order chi connectivity index (χ0) is 10.7. The molecule has 2 rings (SSSR count). The van der Waals surface area contributed by atoms with Crippen molar-refractivity contribution in [1.29, 1.82) is 0 Å². The first-order valence-corrected chi connectivity index (χ1v) is 5.96. The second-order valence-electron chi connectivity index (χ2n) is 3.82. The molecule has 1 aliphatic rings. The van der Waals surface area contributed by atoms with Crippen LogP contribution in [0.25, 0.3) is 0 Å². The smallest absolute Gasteiger partial charge is 0.293 e. The Hall–Kier alpha value is -0.830. The van der Waals surface area contributed by atoms with E-state index in [0.717, 1.165) is 22.9 Å². The van der Waals surface area contributed by atoms with Crippen LogP contribution < -0.4 is 0 Å². The Morgan fingerprint density at radius 3 is 2.93 bits per heavy atom. The van der Waals surface area contributed by atoms with Gasteiger partial charge in [0.15, 0.2) is 0 Å². The predicted molar refractivity (Wildman–Crippen MR) is 61.6 cm³/mol. The molecule has 0 aliphatic heterocycles. The van der Waals surface area contributed by atoms with Crippen LogP contribution in [0.1, 0.15) is 29.5 Å². The van der Waals surface area contributed by atoms with E-state index in [9.17, 15) is 4.79 Å². The average molecular weight is 269 g/mol. The Morgan fingerprint density at radius 1 is 1.33 bits per heavy atom. The van der Waals surface area contributed by atoms with Gasteiger partial charge in [-0.25, -0.2) is 0 Å². The van der Waals surface area contributed by atoms with Gasteiger partial charge < -0.3 is 4.74 Å². The third-order valence-electron chi connectivity index (χ3n) is 2.83. The molecule has 0 heterocycles. The number of carbonyl (C=O) groups excluding carboxylic acids is 1. The number of benzene rings is 1.